The molecule has 0 aliphatic carbocycles. The minimum atomic E-state index is -0.867. The average molecular weight is 316 g/mol. The lowest BCUT2D eigenvalue weighted by atomic mass is 9.86. The van der Waals surface area contributed by atoms with Gasteiger partial charge in [-0.05, 0) is 19.9 Å². The molecule has 2 unspecified atom stereocenters. The van der Waals surface area contributed by atoms with Crippen molar-refractivity contribution in [2.24, 2.45) is 0 Å². The highest BCUT2D eigenvalue weighted by Gasteiger charge is 2.50. The SMILES string of the molecule is [C-]#[N+]c1ccc(C(=O)N2CCC3(CC2)NC(O)N(C)C3O)cc1. The first-order chi connectivity index (χ1) is 11.0. The highest BCUT2D eigenvalue weighted by atomic mass is 16.4. The third kappa shape index (κ3) is 2.71. The first-order valence-electron chi connectivity index (χ1n) is 7.59. The molecule has 0 bridgehead atoms. The van der Waals surface area contributed by atoms with Gasteiger partial charge in [0.05, 0.1) is 12.1 Å². The van der Waals surface area contributed by atoms with Crippen LogP contribution in [0.2, 0.25) is 0 Å². The number of benzene rings is 1. The van der Waals surface area contributed by atoms with E-state index in [2.05, 4.69) is 10.2 Å². The minimum Gasteiger partial charge on any atom is -0.376 e. The molecule has 0 saturated carbocycles. The van der Waals surface area contributed by atoms with Gasteiger partial charge in [-0.15, -0.1) is 0 Å². The van der Waals surface area contributed by atoms with E-state index in [9.17, 15) is 15.0 Å². The van der Waals surface area contributed by atoms with Crippen molar-refractivity contribution in [3.05, 3.63) is 41.2 Å². The second kappa shape index (κ2) is 5.91. The van der Waals surface area contributed by atoms with Crippen LogP contribution in [-0.4, -0.2) is 64.2 Å². The van der Waals surface area contributed by atoms with Crippen LogP contribution in [0.3, 0.4) is 0 Å². The largest absolute Gasteiger partial charge is 0.376 e. The van der Waals surface area contributed by atoms with Crippen LogP contribution in [0.4, 0.5) is 5.69 Å². The van der Waals surface area contributed by atoms with Crippen LogP contribution >= 0.6 is 0 Å². The standard InChI is InChI=1S/C16H20N4O3/c1-17-12-5-3-11(4-6-12)13(21)20-9-7-16(8-10-20)14(22)19(2)15(23)18-16/h3-6,14-15,18,22-23H,7-10H2,2H3. The molecule has 23 heavy (non-hydrogen) atoms. The highest BCUT2D eigenvalue weighted by Crippen LogP contribution is 2.33. The van der Waals surface area contributed by atoms with Gasteiger partial charge in [0, 0.05) is 18.7 Å². The summed E-state index contributed by atoms with van der Waals surface area (Å²) in [6, 6.07) is 6.61. The molecule has 3 N–H and O–H groups in total. The van der Waals surface area contributed by atoms with Gasteiger partial charge in [0.1, 0.15) is 6.23 Å². The van der Waals surface area contributed by atoms with Gasteiger partial charge < -0.3 is 15.1 Å². The first kappa shape index (κ1) is 15.9. The molecule has 7 heteroatoms. The van der Waals surface area contributed by atoms with Crippen molar-refractivity contribution in [1.82, 2.24) is 15.1 Å². The fourth-order valence-electron chi connectivity index (χ4n) is 3.33. The molecule has 7 nitrogen and oxygen atoms in total. The van der Waals surface area contributed by atoms with E-state index in [1.165, 1.54) is 4.90 Å². The number of carbonyl (C=O) groups excluding carboxylic acids is 1. The molecule has 1 aromatic carbocycles. The maximum absolute atomic E-state index is 12.5. The molecule has 2 atom stereocenters. The zero-order valence-corrected chi connectivity index (χ0v) is 12.9. The third-order valence-corrected chi connectivity index (χ3v) is 4.87. The molecule has 1 aromatic rings. The van der Waals surface area contributed by atoms with Crippen molar-refractivity contribution in [2.75, 3.05) is 20.1 Å². The molecule has 0 radical (unpaired) electrons. The second-order valence-electron chi connectivity index (χ2n) is 6.16. The number of hydrogen-bond donors (Lipinski definition) is 3. The number of amides is 1. The van der Waals surface area contributed by atoms with E-state index in [4.69, 9.17) is 6.57 Å². The van der Waals surface area contributed by atoms with Crippen LogP contribution < -0.4 is 5.32 Å². The van der Waals surface area contributed by atoms with E-state index < -0.39 is 18.1 Å². The van der Waals surface area contributed by atoms with E-state index in [0.29, 0.717) is 37.2 Å². The molecular weight excluding hydrogens is 296 g/mol. The molecule has 2 saturated heterocycles. The summed E-state index contributed by atoms with van der Waals surface area (Å²) >= 11 is 0. The van der Waals surface area contributed by atoms with Gasteiger partial charge in [-0.2, -0.15) is 0 Å². The van der Waals surface area contributed by atoms with E-state index in [0.717, 1.165) is 0 Å². The smallest absolute Gasteiger partial charge is 0.253 e. The molecular formula is C16H20N4O3. The van der Waals surface area contributed by atoms with Gasteiger partial charge in [-0.25, -0.2) is 9.74 Å². The van der Waals surface area contributed by atoms with Crippen molar-refractivity contribution >= 4 is 11.6 Å². The van der Waals surface area contributed by atoms with Gasteiger partial charge in [-0.1, -0.05) is 24.3 Å². The first-order valence-corrected chi connectivity index (χ1v) is 7.59. The van der Waals surface area contributed by atoms with Crippen LogP contribution in [0.25, 0.3) is 4.85 Å². The van der Waals surface area contributed by atoms with Crippen LogP contribution in [0.5, 0.6) is 0 Å². The Kier molecular flexibility index (Phi) is 4.08. The topological polar surface area (TPSA) is 80.4 Å². The number of aliphatic hydroxyl groups excluding tert-OH is 2. The number of rotatable bonds is 1. The Hall–Kier alpha value is -1.98. The van der Waals surface area contributed by atoms with Crippen molar-refractivity contribution in [3.8, 4) is 0 Å². The fourth-order valence-corrected chi connectivity index (χ4v) is 3.33. The molecule has 1 amide bonds. The predicted octanol–water partition coefficient (Wildman–Crippen LogP) is 0.341. The lowest BCUT2D eigenvalue weighted by molar-refractivity contribution is -0.0559. The fraction of sp³-hybridized carbons (Fsp3) is 0.500. The Bertz CT molecular complexity index is 632. The Morgan fingerprint density at radius 3 is 2.39 bits per heavy atom. The Balaban J connectivity index is 1.67. The number of nitrogens with one attached hydrogen (secondary N) is 1. The second-order valence-corrected chi connectivity index (χ2v) is 6.16. The van der Waals surface area contributed by atoms with E-state index in [1.54, 1.807) is 36.2 Å². The number of aliphatic hydroxyl groups is 2. The number of nitrogens with zero attached hydrogens (tertiary/aromatic N) is 3. The summed E-state index contributed by atoms with van der Waals surface area (Å²) in [5.41, 5.74) is 0.499. The van der Waals surface area contributed by atoms with Crippen molar-refractivity contribution in [1.29, 1.82) is 0 Å². The predicted molar refractivity (Wildman–Crippen MR) is 83.5 cm³/mol. The summed E-state index contributed by atoms with van der Waals surface area (Å²) in [4.78, 5) is 19.1. The molecule has 2 fully saturated rings. The highest BCUT2D eigenvalue weighted by molar-refractivity contribution is 5.94. The summed E-state index contributed by atoms with van der Waals surface area (Å²) in [7, 11) is 1.66. The zero-order chi connectivity index (χ0) is 16.6. The quantitative estimate of drug-likeness (QED) is 0.651. The van der Waals surface area contributed by atoms with Gasteiger partial charge in [-0.3, -0.25) is 10.1 Å². The molecule has 2 aliphatic rings. The number of likely N-dealkylation sites (tertiary alicyclic amines) is 1. The normalized spacial score (nSPS) is 27.1. The summed E-state index contributed by atoms with van der Waals surface area (Å²) in [6.45, 7) is 7.95. The summed E-state index contributed by atoms with van der Waals surface area (Å²) in [6.07, 6.45) is -0.496. The van der Waals surface area contributed by atoms with Crippen molar-refractivity contribution < 1.29 is 15.0 Å². The van der Waals surface area contributed by atoms with Gasteiger partial charge in [0.2, 0.25) is 0 Å². The van der Waals surface area contributed by atoms with Gasteiger partial charge >= 0.3 is 0 Å². The third-order valence-electron chi connectivity index (χ3n) is 4.87. The van der Waals surface area contributed by atoms with Crippen LogP contribution in [0, 0.1) is 6.57 Å². The van der Waals surface area contributed by atoms with Crippen molar-refractivity contribution in [2.45, 2.75) is 31.0 Å². The number of hydrogen-bond acceptors (Lipinski definition) is 5. The number of likely N-dealkylation sites (N-methyl/N-ethyl adjacent to an activating group) is 1. The summed E-state index contributed by atoms with van der Waals surface area (Å²) < 4.78 is 0. The Morgan fingerprint density at radius 1 is 1.30 bits per heavy atom. The zero-order valence-electron chi connectivity index (χ0n) is 12.9. The lowest BCUT2D eigenvalue weighted by Crippen LogP contribution is -2.57. The van der Waals surface area contributed by atoms with E-state index in [-0.39, 0.29) is 5.91 Å². The number of carbonyl (C=O) groups is 1. The van der Waals surface area contributed by atoms with E-state index >= 15 is 0 Å². The molecule has 0 aromatic heterocycles. The van der Waals surface area contributed by atoms with Crippen molar-refractivity contribution in [3.63, 3.8) is 0 Å². The minimum absolute atomic E-state index is 0.0715. The Labute approximate surface area is 134 Å². The van der Waals surface area contributed by atoms with Gasteiger partial charge in [0.25, 0.3) is 5.91 Å². The molecule has 1 spiro atoms. The molecule has 2 heterocycles. The van der Waals surface area contributed by atoms with E-state index in [1.807, 2.05) is 0 Å². The van der Waals surface area contributed by atoms with Crippen LogP contribution in [0.15, 0.2) is 24.3 Å². The molecule has 3 rings (SSSR count). The summed E-state index contributed by atoms with van der Waals surface area (Å²) in [5, 5.41) is 23.2. The Morgan fingerprint density at radius 2 is 1.91 bits per heavy atom. The average Bonchev–Trinajstić information content (AvgIpc) is 2.79. The monoisotopic (exact) mass is 316 g/mol. The summed E-state index contributed by atoms with van der Waals surface area (Å²) in [5.74, 6) is -0.0715. The lowest BCUT2D eigenvalue weighted by Gasteiger charge is -2.41. The van der Waals surface area contributed by atoms with Crippen LogP contribution in [-0.2, 0) is 0 Å². The molecule has 2 aliphatic heterocycles. The molecule has 122 valence electrons. The van der Waals surface area contributed by atoms with Gasteiger partial charge in [0.15, 0.2) is 12.0 Å². The maximum Gasteiger partial charge on any atom is 0.253 e. The number of piperidine rings is 1. The van der Waals surface area contributed by atoms with Crippen LogP contribution in [0.1, 0.15) is 23.2 Å². The maximum atomic E-state index is 12.5.